The average molecular weight is 421 g/mol. The van der Waals surface area contributed by atoms with Crippen molar-refractivity contribution in [2.75, 3.05) is 38.1 Å². The Balaban J connectivity index is 1.40. The molecule has 1 saturated heterocycles. The van der Waals surface area contributed by atoms with E-state index in [0.717, 1.165) is 5.56 Å². The third-order valence-corrected chi connectivity index (χ3v) is 5.13. The predicted molar refractivity (Wildman–Crippen MR) is 115 cm³/mol. The molecule has 0 atom stereocenters. The van der Waals surface area contributed by atoms with E-state index in [9.17, 15) is 14.4 Å². The van der Waals surface area contributed by atoms with Gasteiger partial charge in [-0.3, -0.25) is 9.59 Å². The number of rotatable bonds is 3. The van der Waals surface area contributed by atoms with Crippen molar-refractivity contribution in [3.63, 3.8) is 0 Å². The standard InChI is InChI=1S/C23H23N3O5/c1-2-30-23(29)26-13-11-25(12-14-26)22(28)17-9-7-16(8-10-17)15-20-21(27)24-18-5-3-4-6-19(18)31-20/h3-10,15H,2,11-14H2,1H3,(H,24,27). The Labute approximate surface area is 180 Å². The van der Waals surface area contributed by atoms with E-state index in [1.807, 2.05) is 12.1 Å². The van der Waals surface area contributed by atoms with E-state index in [-0.39, 0.29) is 23.7 Å². The lowest BCUT2D eigenvalue weighted by Gasteiger charge is -2.34. The van der Waals surface area contributed by atoms with Crippen molar-refractivity contribution < 1.29 is 23.9 Å². The van der Waals surface area contributed by atoms with Gasteiger partial charge >= 0.3 is 6.09 Å². The molecule has 8 nitrogen and oxygen atoms in total. The number of nitrogens with one attached hydrogen (secondary N) is 1. The highest BCUT2D eigenvalue weighted by Gasteiger charge is 2.25. The molecule has 2 aromatic rings. The summed E-state index contributed by atoms with van der Waals surface area (Å²) in [6.07, 6.45) is 1.29. The first-order valence-electron chi connectivity index (χ1n) is 10.2. The van der Waals surface area contributed by atoms with Crippen LogP contribution in [0.15, 0.2) is 54.3 Å². The quantitative estimate of drug-likeness (QED) is 0.770. The first-order chi connectivity index (χ1) is 15.0. The van der Waals surface area contributed by atoms with E-state index in [1.165, 1.54) is 0 Å². The van der Waals surface area contributed by atoms with Crippen molar-refractivity contribution in [1.82, 2.24) is 9.80 Å². The molecule has 0 radical (unpaired) electrons. The number of carbonyl (C=O) groups is 3. The average Bonchev–Trinajstić information content (AvgIpc) is 2.80. The van der Waals surface area contributed by atoms with E-state index in [1.54, 1.807) is 59.2 Å². The van der Waals surface area contributed by atoms with Crippen LogP contribution in [0.4, 0.5) is 10.5 Å². The molecule has 1 N–H and O–H groups in total. The van der Waals surface area contributed by atoms with E-state index < -0.39 is 0 Å². The molecular weight excluding hydrogens is 398 g/mol. The molecule has 0 aliphatic carbocycles. The Kier molecular flexibility index (Phi) is 5.88. The second-order valence-corrected chi connectivity index (χ2v) is 7.16. The highest BCUT2D eigenvalue weighted by Crippen LogP contribution is 2.30. The molecule has 0 bridgehead atoms. The number of fused-ring (bicyclic) bond motifs is 1. The summed E-state index contributed by atoms with van der Waals surface area (Å²) in [5, 5.41) is 2.79. The number of benzene rings is 2. The van der Waals surface area contributed by atoms with Gasteiger partial charge in [0.05, 0.1) is 12.3 Å². The molecular formula is C23H23N3O5. The second-order valence-electron chi connectivity index (χ2n) is 7.16. The lowest BCUT2D eigenvalue weighted by atomic mass is 10.1. The smallest absolute Gasteiger partial charge is 0.409 e. The van der Waals surface area contributed by atoms with E-state index in [4.69, 9.17) is 9.47 Å². The van der Waals surface area contributed by atoms with Crippen LogP contribution in [-0.2, 0) is 9.53 Å². The van der Waals surface area contributed by atoms with Crippen molar-refractivity contribution in [2.45, 2.75) is 6.92 Å². The minimum atomic E-state index is -0.344. The minimum Gasteiger partial charge on any atom is -0.450 e. The number of amides is 3. The van der Waals surface area contributed by atoms with Gasteiger partial charge in [-0.2, -0.15) is 0 Å². The summed E-state index contributed by atoms with van der Waals surface area (Å²) < 4.78 is 10.7. The summed E-state index contributed by atoms with van der Waals surface area (Å²) >= 11 is 0. The zero-order valence-electron chi connectivity index (χ0n) is 17.2. The fourth-order valence-electron chi connectivity index (χ4n) is 3.47. The van der Waals surface area contributed by atoms with Gasteiger partial charge in [-0.05, 0) is 42.8 Å². The Morgan fingerprint density at radius 2 is 1.71 bits per heavy atom. The van der Waals surface area contributed by atoms with Gasteiger partial charge in [0.1, 0.15) is 0 Å². The zero-order chi connectivity index (χ0) is 21.8. The minimum absolute atomic E-state index is 0.0942. The topological polar surface area (TPSA) is 88.2 Å². The van der Waals surface area contributed by atoms with Gasteiger partial charge in [0.15, 0.2) is 11.5 Å². The van der Waals surface area contributed by atoms with Crippen molar-refractivity contribution in [2.24, 2.45) is 0 Å². The molecule has 2 aliphatic rings. The Bertz CT molecular complexity index is 1020. The molecule has 3 amide bonds. The number of ether oxygens (including phenoxy) is 2. The van der Waals surface area contributed by atoms with Crippen LogP contribution in [0.25, 0.3) is 6.08 Å². The van der Waals surface area contributed by atoms with Gasteiger partial charge in [0.25, 0.3) is 11.8 Å². The van der Waals surface area contributed by atoms with Crippen LogP contribution in [0.2, 0.25) is 0 Å². The van der Waals surface area contributed by atoms with Gasteiger partial charge in [-0.1, -0.05) is 24.3 Å². The van der Waals surface area contributed by atoms with Crippen LogP contribution in [0.5, 0.6) is 5.75 Å². The van der Waals surface area contributed by atoms with Crippen molar-refractivity contribution in [3.05, 3.63) is 65.4 Å². The largest absolute Gasteiger partial charge is 0.450 e. The lowest BCUT2D eigenvalue weighted by molar-refractivity contribution is -0.115. The highest BCUT2D eigenvalue weighted by atomic mass is 16.6. The fraction of sp³-hybridized carbons (Fsp3) is 0.261. The molecule has 0 spiro atoms. The van der Waals surface area contributed by atoms with Crippen LogP contribution in [0, 0.1) is 0 Å². The van der Waals surface area contributed by atoms with Gasteiger partial charge in [-0.15, -0.1) is 0 Å². The van der Waals surface area contributed by atoms with E-state index >= 15 is 0 Å². The van der Waals surface area contributed by atoms with Gasteiger partial charge < -0.3 is 24.6 Å². The number of nitrogens with zero attached hydrogens (tertiary/aromatic N) is 2. The molecule has 31 heavy (non-hydrogen) atoms. The Morgan fingerprint density at radius 3 is 2.42 bits per heavy atom. The Hall–Kier alpha value is -3.81. The summed E-state index contributed by atoms with van der Waals surface area (Å²) in [6, 6.07) is 14.2. The third kappa shape index (κ3) is 4.53. The third-order valence-electron chi connectivity index (χ3n) is 5.13. The molecule has 0 aromatic heterocycles. The number of piperazine rings is 1. The van der Waals surface area contributed by atoms with Crippen LogP contribution < -0.4 is 10.1 Å². The summed E-state index contributed by atoms with van der Waals surface area (Å²) in [7, 11) is 0. The molecule has 4 rings (SSSR count). The second kappa shape index (κ2) is 8.91. The first kappa shape index (κ1) is 20.5. The first-order valence-corrected chi connectivity index (χ1v) is 10.2. The number of para-hydroxylation sites is 2. The van der Waals surface area contributed by atoms with Crippen LogP contribution >= 0.6 is 0 Å². The number of hydrogen-bond donors (Lipinski definition) is 1. The normalized spacial score (nSPS) is 16.9. The molecule has 0 saturated carbocycles. The van der Waals surface area contributed by atoms with Gasteiger partial charge in [-0.25, -0.2) is 4.79 Å². The SMILES string of the molecule is CCOC(=O)N1CCN(C(=O)c2ccc(C=C3Oc4ccccc4NC3=O)cc2)CC1. The number of anilines is 1. The molecule has 8 heteroatoms. The maximum Gasteiger partial charge on any atom is 0.409 e. The number of hydrogen-bond acceptors (Lipinski definition) is 5. The molecule has 2 aromatic carbocycles. The molecule has 2 heterocycles. The van der Waals surface area contributed by atoms with E-state index in [2.05, 4.69) is 5.32 Å². The summed E-state index contributed by atoms with van der Waals surface area (Å²) in [4.78, 5) is 40.2. The number of carbonyl (C=O) groups excluding carboxylic acids is 3. The summed E-state index contributed by atoms with van der Waals surface area (Å²) in [6.45, 7) is 3.90. The predicted octanol–water partition coefficient (Wildman–Crippen LogP) is 2.97. The summed E-state index contributed by atoms with van der Waals surface area (Å²) in [5.74, 6) is 0.358. The molecule has 160 valence electrons. The highest BCUT2D eigenvalue weighted by molar-refractivity contribution is 6.08. The zero-order valence-corrected chi connectivity index (χ0v) is 17.2. The Morgan fingerprint density at radius 1 is 1.03 bits per heavy atom. The van der Waals surface area contributed by atoms with Crippen molar-refractivity contribution in [3.8, 4) is 5.75 Å². The molecule has 1 fully saturated rings. The summed E-state index contributed by atoms with van der Waals surface area (Å²) in [5.41, 5.74) is 1.92. The van der Waals surface area contributed by atoms with Crippen molar-refractivity contribution >= 4 is 29.7 Å². The fourth-order valence-corrected chi connectivity index (χ4v) is 3.47. The van der Waals surface area contributed by atoms with Crippen LogP contribution in [-0.4, -0.2) is 60.5 Å². The van der Waals surface area contributed by atoms with Crippen LogP contribution in [0.3, 0.4) is 0 Å². The van der Waals surface area contributed by atoms with Crippen molar-refractivity contribution in [1.29, 1.82) is 0 Å². The van der Waals surface area contributed by atoms with Crippen LogP contribution in [0.1, 0.15) is 22.8 Å². The lowest BCUT2D eigenvalue weighted by Crippen LogP contribution is -2.50. The molecule has 2 aliphatic heterocycles. The van der Waals surface area contributed by atoms with Gasteiger partial charge in [0, 0.05) is 31.7 Å². The van der Waals surface area contributed by atoms with E-state index in [0.29, 0.717) is 49.8 Å². The monoisotopic (exact) mass is 421 g/mol. The maximum atomic E-state index is 12.8. The van der Waals surface area contributed by atoms with Gasteiger partial charge in [0.2, 0.25) is 0 Å². The molecule has 0 unspecified atom stereocenters. The maximum absolute atomic E-state index is 12.8.